The molecular weight excluding hydrogens is 549 g/mol. The molecule has 2 heterocycles. The molecule has 2 N–H and O–H groups in total. The number of β-amino-alcohol motifs (C(OH)–C–C–N with tert-alkyl or cyclic N) is 1. The zero-order valence-corrected chi connectivity index (χ0v) is 24.5. The largest absolute Gasteiger partial charge is 0.495 e. The van der Waals surface area contributed by atoms with Crippen molar-refractivity contribution in [1.82, 2.24) is 19.8 Å². The zero-order chi connectivity index (χ0) is 25.8. The van der Waals surface area contributed by atoms with Crippen LogP contribution < -0.4 is 15.0 Å². The van der Waals surface area contributed by atoms with Crippen LogP contribution in [0.1, 0.15) is 27.6 Å². The lowest BCUT2D eigenvalue weighted by atomic mass is 10.1. The first kappa shape index (κ1) is 31.7. The highest BCUT2D eigenvalue weighted by Crippen LogP contribution is 2.28. The molecule has 1 fully saturated rings. The van der Waals surface area contributed by atoms with Crippen LogP contribution in [-0.2, 0) is 0 Å². The summed E-state index contributed by atoms with van der Waals surface area (Å²) in [6, 6.07) is 13.6. The van der Waals surface area contributed by atoms with Crippen molar-refractivity contribution in [2.24, 2.45) is 0 Å². The van der Waals surface area contributed by atoms with Gasteiger partial charge in [0.2, 0.25) is 0 Å². The standard InChI is InChI=1S/C27H34ClN5O3.2ClH/c1-18-22(28)8-7-10-23(18)32-14-12-31(13-15-32)17-21(34)16-29-27(35)26-19(2)33(20(3)30-26)24-9-5-6-11-25(24)36-4;;/h5-11,21,34H,12-17H2,1-4H3,(H,29,35);2*1H. The Labute approximate surface area is 241 Å². The minimum absolute atomic E-state index is 0. The maximum atomic E-state index is 12.9. The Balaban J connectivity index is 0.00000253. The van der Waals surface area contributed by atoms with Gasteiger partial charge < -0.3 is 20.1 Å². The van der Waals surface area contributed by atoms with Crippen LogP contribution in [0.2, 0.25) is 5.02 Å². The Bertz CT molecular complexity index is 1230. The number of rotatable bonds is 8. The Kier molecular flexibility index (Phi) is 11.7. The fraction of sp³-hybridized carbons (Fsp3) is 0.407. The van der Waals surface area contributed by atoms with E-state index in [0.717, 1.165) is 53.8 Å². The molecule has 38 heavy (non-hydrogen) atoms. The van der Waals surface area contributed by atoms with E-state index in [9.17, 15) is 9.90 Å². The predicted molar refractivity (Wildman–Crippen MR) is 157 cm³/mol. The Hall–Kier alpha value is -2.49. The molecule has 0 bridgehead atoms. The normalized spacial score (nSPS) is 14.3. The number of hydrogen-bond acceptors (Lipinski definition) is 6. The van der Waals surface area contributed by atoms with Gasteiger partial charge in [-0.3, -0.25) is 14.3 Å². The van der Waals surface area contributed by atoms with E-state index in [2.05, 4.69) is 26.2 Å². The van der Waals surface area contributed by atoms with Crippen molar-refractivity contribution in [3.63, 3.8) is 0 Å². The van der Waals surface area contributed by atoms with E-state index in [-0.39, 0.29) is 37.3 Å². The summed E-state index contributed by atoms with van der Waals surface area (Å²) in [5, 5.41) is 14.2. The summed E-state index contributed by atoms with van der Waals surface area (Å²) in [7, 11) is 1.62. The number of carbonyl (C=O) groups excluding carboxylic acids is 1. The van der Waals surface area contributed by atoms with E-state index < -0.39 is 6.10 Å². The predicted octanol–water partition coefficient (Wildman–Crippen LogP) is 4.22. The highest BCUT2D eigenvalue weighted by Gasteiger charge is 2.23. The van der Waals surface area contributed by atoms with Gasteiger partial charge in [-0.05, 0) is 50.6 Å². The van der Waals surface area contributed by atoms with Gasteiger partial charge in [0.25, 0.3) is 5.91 Å². The summed E-state index contributed by atoms with van der Waals surface area (Å²) in [5.41, 5.74) is 4.14. The number of para-hydroxylation sites is 2. The first-order valence-corrected chi connectivity index (χ1v) is 12.6. The molecule has 1 aliphatic rings. The molecular formula is C27H36Cl3N5O3. The molecule has 1 aliphatic heterocycles. The quantitative estimate of drug-likeness (QED) is 0.413. The molecule has 4 rings (SSSR count). The third kappa shape index (κ3) is 6.93. The number of anilines is 1. The van der Waals surface area contributed by atoms with E-state index in [1.165, 1.54) is 0 Å². The lowest BCUT2D eigenvalue weighted by molar-refractivity contribution is 0.0847. The molecule has 1 amide bonds. The smallest absolute Gasteiger partial charge is 0.271 e. The van der Waals surface area contributed by atoms with Crippen molar-refractivity contribution in [2.45, 2.75) is 26.9 Å². The molecule has 1 saturated heterocycles. The molecule has 208 valence electrons. The maximum absolute atomic E-state index is 12.9. The molecule has 1 atom stereocenters. The van der Waals surface area contributed by atoms with Crippen molar-refractivity contribution >= 4 is 48.0 Å². The summed E-state index contributed by atoms with van der Waals surface area (Å²) in [4.78, 5) is 22.0. The van der Waals surface area contributed by atoms with Gasteiger partial charge in [0.1, 0.15) is 17.3 Å². The van der Waals surface area contributed by atoms with E-state index >= 15 is 0 Å². The van der Waals surface area contributed by atoms with Gasteiger partial charge in [-0.1, -0.05) is 29.8 Å². The van der Waals surface area contributed by atoms with E-state index in [4.69, 9.17) is 16.3 Å². The van der Waals surface area contributed by atoms with Gasteiger partial charge in [0.15, 0.2) is 0 Å². The number of nitrogens with one attached hydrogen (secondary N) is 1. The highest BCUT2D eigenvalue weighted by atomic mass is 35.5. The first-order chi connectivity index (χ1) is 17.3. The number of aliphatic hydroxyl groups is 1. The number of nitrogens with zero attached hydrogens (tertiary/aromatic N) is 4. The Morgan fingerprint density at radius 1 is 1.05 bits per heavy atom. The van der Waals surface area contributed by atoms with Crippen molar-refractivity contribution in [2.75, 3.05) is 51.3 Å². The summed E-state index contributed by atoms with van der Waals surface area (Å²) in [6.07, 6.45) is -0.675. The van der Waals surface area contributed by atoms with Gasteiger partial charge in [-0.2, -0.15) is 0 Å². The highest BCUT2D eigenvalue weighted by molar-refractivity contribution is 6.31. The fourth-order valence-electron chi connectivity index (χ4n) is 4.79. The van der Waals surface area contributed by atoms with Crippen LogP contribution in [0.5, 0.6) is 5.75 Å². The second-order valence-electron chi connectivity index (χ2n) is 9.14. The molecule has 0 saturated carbocycles. The van der Waals surface area contributed by atoms with Gasteiger partial charge in [-0.15, -0.1) is 24.8 Å². The summed E-state index contributed by atoms with van der Waals surface area (Å²) in [5.74, 6) is 1.09. The average molecular weight is 585 g/mol. The minimum atomic E-state index is -0.675. The van der Waals surface area contributed by atoms with Crippen molar-refractivity contribution in [3.05, 3.63) is 70.3 Å². The van der Waals surface area contributed by atoms with Crippen molar-refractivity contribution < 1.29 is 14.6 Å². The number of ether oxygens (including phenoxy) is 1. The number of halogens is 3. The molecule has 0 aliphatic carbocycles. The van der Waals surface area contributed by atoms with Crippen LogP contribution in [0.25, 0.3) is 5.69 Å². The van der Waals surface area contributed by atoms with Crippen LogP contribution in [0.4, 0.5) is 5.69 Å². The number of carbonyl (C=O) groups is 1. The Morgan fingerprint density at radius 3 is 2.39 bits per heavy atom. The van der Waals surface area contributed by atoms with Crippen LogP contribution in [0, 0.1) is 20.8 Å². The summed E-state index contributed by atoms with van der Waals surface area (Å²) in [6.45, 7) is 9.80. The molecule has 3 aromatic rings. The summed E-state index contributed by atoms with van der Waals surface area (Å²) < 4.78 is 7.39. The molecule has 11 heteroatoms. The van der Waals surface area contributed by atoms with Crippen LogP contribution in [0.15, 0.2) is 42.5 Å². The maximum Gasteiger partial charge on any atom is 0.271 e. The minimum Gasteiger partial charge on any atom is -0.495 e. The number of imidazole rings is 1. The van der Waals surface area contributed by atoms with E-state index in [1.807, 2.05) is 61.7 Å². The van der Waals surface area contributed by atoms with Gasteiger partial charge in [0, 0.05) is 50.0 Å². The fourth-order valence-corrected chi connectivity index (χ4v) is 4.96. The number of amides is 1. The Morgan fingerprint density at radius 2 is 1.71 bits per heavy atom. The lowest BCUT2D eigenvalue weighted by Crippen LogP contribution is -2.50. The number of piperazine rings is 1. The molecule has 1 aromatic heterocycles. The lowest BCUT2D eigenvalue weighted by Gasteiger charge is -2.37. The first-order valence-electron chi connectivity index (χ1n) is 12.2. The monoisotopic (exact) mass is 583 g/mol. The SMILES string of the molecule is COc1ccccc1-n1c(C)nc(C(=O)NCC(O)CN2CCN(c3cccc(Cl)c3C)CC2)c1C.Cl.Cl. The van der Waals surface area contributed by atoms with Crippen molar-refractivity contribution in [1.29, 1.82) is 0 Å². The topological polar surface area (TPSA) is 82.9 Å². The van der Waals surface area contributed by atoms with Crippen LogP contribution in [-0.4, -0.2) is 77.9 Å². The number of hydrogen-bond donors (Lipinski definition) is 2. The number of aromatic nitrogens is 2. The number of benzene rings is 2. The number of methoxy groups -OCH3 is 1. The third-order valence-corrected chi connectivity index (χ3v) is 7.15. The number of aryl methyl sites for hydroxylation is 1. The van der Waals surface area contributed by atoms with E-state index in [0.29, 0.717) is 23.8 Å². The number of aliphatic hydroxyl groups excluding tert-OH is 1. The molecule has 0 spiro atoms. The van der Waals surface area contributed by atoms with E-state index in [1.54, 1.807) is 7.11 Å². The molecule has 0 radical (unpaired) electrons. The van der Waals surface area contributed by atoms with Gasteiger partial charge >= 0.3 is 0 Å². The van der Waals surface area contributed by atoms with Crippen LogP contribution >= 0.6 is 36.4 Å². The average Bonchev–Trinajstić information content (AvgIpc) is 3.18. The third-order valence-electron chi connectivity index (χ3n) is 6.74. The molecule has 2 aromatic carbocycles. The van der Waals surface area contributed by atoms with Crippen LogP contribution in [0.3, 0.4) is 0 Å². The van der Waals surface area contributed by atoms with Gasteiger partial charge in [0.05, 0.1) is 24.6 Å². The zero-order valence-electron chi connectivity index (χ0n) is 22.1. The second kappa shape index (κ2) is 14.1. The van der Waals surface area contributed by atoms with Gasteiger partial charge in [-0.25, -0.2) is 4.98 Å². The second-order valence-corrected chi connectivity index (χ2v) is 9.54. The summed E-state index contributed by atoms with van der Waals surface area (Å²) >= 11 is 6.28. The molecule has 8 nitrogen and oxygen atoms in total. The van der Waals surface area contributed by atoms with Crippen molar-refractivity contribution in [3.8, 4) is 11.4 Å². The molecule has 1 unspecified atom stereocenters.